The molecule has 8 heteroatoms. The van der Waals surface area contributed by atoms with Crippen molar-refractivity contribution < 1.29 is 40.2 Å². The van der Waals surface area contributed by atoms with E-state index in [9.17, 15) is 9.59 Å². The maximum Gasteiger partial charge on any atom is 0.335 e. The van der Waals surface area contributed by atoms with Crippen LogP contribution in [0.25, 0.3) is 0 Å². The van der Waals surface area contributed by atoms with Gasteiger partial charge >= 0.3 is 11.9 Å². The monoisotopic (exact) mass is 268 g/mol. The van der Waals surface area contributed by atoms with E-state index in [0.29, 0.717) is 6.42 Å². The van der Waals surface area contributed by atoms with Crippen LogP contribution >= 0.6 is 0 Å². The number of aliphatic hydroxyl groups is 4. The van der Waals surface area contributed by atoms with Gasteiger partial charge in [0, 0.05) is 6.61 Å². The van der Waals surface area contributed by atoms with Gasteiger partial charge in [0.2, 0.25) is 0 Å². The van der Waals surface area contributed by atoms with Crippen molar-refractivity contribution in [2.24, 2.45) is 0 Å². The van der Waals surface area contributed by atoms with Crippen LogP contribution in [0.3, 0.4) is 0 Å². The van der Waals surface area contributed by atoms with Crippen LogP contribution in [-0.4, -0.2) is 67.5 Å². The molecule has 0 saturated heterocycles. The van der Waals surface area contributed by atoms with Gasteiger partial charge in [-0.2, -0.15) is 0 Å². The molecule has 0 heterocycles. The lowest BCUT2D eigenvalue weighted by atomic mass is 10.2. The third-order valence-corrected chi connectivity index (χ3v) is 1.89. The van der Waals surface area contributed by atoms with Crippen molar-refractivity contribution in [1.82, 2.24) is 0 Å². The Morgan fingerprint density at radius 3 is 1.56 bits per heavy atom. The number of hydrogen-bond acceptors (Lipinski definition) is 6. The molecular formula is C10H20O8. The molecule has 0 saturated carbocycles. The van der Waals surface area contributed by atoms with Gasteiger partial charge in [0.15, 0.2) is 12.2 Å². The number of aliphatic hydroxyl groups excluding tert-OH is 4. The summed E-state index contributed by atoms with van der Waals surface area (Å²) >= 11 is 0. The Kier molecular flexibility index (Phi) is 11.6. The fourth-order valence-corrected chi connectivity index (χ4v) is 0.897. The van der Waals surface area contributed by atoms with E-state index in [-0.39, 0.29) is 12.7 Å². The smallest absolute Gasteiger partial charge is 0.335 e. The van der Waals surface area contributed by atoms with Crippen LogP contribution in [0.15, 0.2) is 0 Å². The summed E-state index contributed by atoms with van der Waals surface area (Å²) in [5, 5.41) is 49.7. The first-order valence-corrected chi connectivity index (χ1v) is 5.38. The summed E-state index contributed by atoms with van der Waals surface area (Å²) in [5.74, 6) is -3.54. The zero-order valence-electron chi connectivity index (χ0n) is 10.1. The van der Waals surface area contributed by atoms with Gasteiger partial charge in [-0.1, -0.05) is 13.3 Å². The van der Waals surface area contributed by atoms with E-state index in [1.54, 1.807) is 0 Å². The second kappa shape index (κ2) is 10.9. The zero-order chi connectivity index (χ0) is 14.7. The molecule has 0 aliphatic carbocycles. The van der Waals surface area contributed by atoms with Crippen molar-refractivity contribution in [2.45, 2.75) is 44.5 Å². The summed E-state index contributed by atoms with van der Waals surface area (Å²) < 4.78 is 0. The van der Waals surface area contributed by atoms with Crippen molar-refractivity contribution in [3.63, 3.8) is 0 Å². The first-order valence-electron chi connectivity index (χ1n) is 5.38. The van der Waals surface area contributed by atoms with Crippen LogP contribution in [-0.2, 0) is 9.59 Å². The molecule has 0 bridgehead atoms. The average molecular weight is 268 g/mol. The van der Waals surface area contributed by atoms with Crippen LogP contribution < -0.4 is 0 Å². The standard InChI is InChI=1S/C6H14O2.C4H6O6/c1-2-3-6(8)4-5-7;5-1(3(7)8)2(6)4(9)10/h6-8H,2-5H2,1H3;1-2,5-6H,(H,7,8)(H,9,10). The molecular weight excluding hydrogens is 248 g/mol. The maximum absolute atomic E-state index is 9.77. The summed E-state index contributed by atoms with van der Waals surface area (Å²) in [7, 11) is 0. The number of carbonyl (C=O) groups is 2. The molecule has 0 radical (unpaired) electrons. The highest BCUT2D eigenvalue weighted by Crippen LogP contribution is 1.98. The van der Waals surface area contributed by atoms with Crippen LogP contribution in [0, 0.1) is 0 Å². The fraction of sp³-hybridized carbons (Fsp3) is 0.800. The number of rotatable bonds is 7. The van der Waals surface area contributed by atoms with Crippen LogP contribution in [0.5, 0.6) is 0 Å². The highest BCUT2D eigenvalue weighted by atomic mass is 16.4. The molecule has 108 valence electrons. The predicted octanol–water partition coefficient (Wildman–Crippen LogP) is -1.59. The van der Waals surface area contributed by atoms with Gasteiger partial charge in [0.25, 0.3) is 0 Å². The Morgan fingerprint density at radius 1 is 0.944 bits per heavy atom. The lowest BCUT2D eigenvalue weighted by Crippen LogP contribution is -2.39. The normalized spacial score (nSPS) is 14.9. The maximum atomic E-state index is 9.77. The van der Waals surface area contributed by atoms with Crippen LogP contribution in [0.1, 0.15) is 26.2 Å². The average Bonchev–Trinajstić information content (AvgIpc) is 2.28. The lowest BCUT2D eigenvalue weighted by molar-refractivity contribution is -0.165. The topological polar surface area (TPSA) is 156 Å². The van der Waals surface area contributed by atoms with Crippen molar-refractivity contribution in [1.29, 1.82) is 0 Å². The van der Waals surface area contributed by atoms with E-state index < -0.39 is 24.1 Å². The second-order valence-corrected chi connectivity index (χ2v) is 3.52. The highest BCUT2D eigenvalue weighted by molar-refractivity contribution is 5.83. The number of aliphatic carboxylic acids is 2. The predicted molar refractivity (Wildman–Crippen MR) is 59.9 cm³/mol. The van der Waals surface area contributed by atoms with Gasteiger partial charge in [0.1, 0.15) is 0 Å². The first-order chi connectivity index (χ1) is 8.27. The number of hydrogen-bond donors (Lipinski definition) is 6. The molecule has 3 atom stereocenters. The van der Waals surface area contributed by atoms with Crippen molar-refractivity contribution in [3.8, 4) is 0 Å². The molecule has 3 unspecified atom stereocenters. The molecule has 8 nitrogen and oxygen atoms in total. The number of carboxylic acids is 2. The number of carboxylic acid groups (broad SMARTS) is 2. The van der Waals surface area contributed by atoms with Gasteiger partial charge in [-0.05, 0) is 12.8 Å². The van der Waals surface area contributed by atoms with Gasteiger partial charge in [-0.15, -0.1) is 0 Å². The molecule has 0 aliphatic rings. The Labute approximate surface area is 104 Å². The van der Waals surface area contributed by atoms with Gasteiger partial charge in [-0.25, -0.2) is 9.59 Å². The van der Waals surface area contributed by atoms with Gasteiger partial charge < -0.3 is 30.6 Å². The van der Waals surface area contributed by atoms with E-state index >= 15 is 0 Å². The first kappa shape index (κ1) is 19.1. The van der Waals surface area contributed by atoms with E-state index in [4.69, 9.17) is 30.6 Å². The SMILES string of the molecule is CCCC(O)CCO.O=C(O)C(O)C(O)C(=O)O. The minimum atomic E-state index is -2.27. The Hall–Kier alpha value is -1.22. The zero-order valence-corrected chi connectivity index (χ0v) is 10.1. The molecule has 0 aromatic rings. The summed E-state index contributed by atoms with van der Waals surface area (Å²) in [6.45, 7) is 2.11. The van der Waals surface area contributed by atoms with E-state index in [2.05, 4.69) is 0 Å². The minimum Gasteiger partial charge on any atom is -0.479 e. The molecule has 0 fully saturated rings. The molecule has 18 heavy (non-hydrogen) atoms. The molecule has 0 rings (SSSR count). The third kappa shape index (κ3) is 9.97. The van der Waals surface area contributed by atoms with Crippen molar-refractivity contribution in [3.05, 3.63) is 0 Å². The summed E-state index contributed by atoms with van der Waals surface area (Å²) in [5.41, 5.74) is 0. The van der Waals surface area contributed by atoms with E-state index in [1.807, 2.05) is 6.92 Å². The van der Waals surface area contributed by atoms with Crippen molar-refractivity contribution in [2.75, 3.05) is 6.61 Å². The van der Waals surface area contributed by atoms with E-state index in [0.717, 1.165) is 12.8 Å². The Morgan fingerprint density at radius 2 is 1.33 bits per heavy atom. The molecule has 0 amide bonds. The summed E-state index contributed by atoms with van der Waals surface area (Å²) in [4.78, 5) is 19.5. The van der Waals surface area contributed by atoms with Crippen LogP contribution in [0.2, 0.25) is 0 Å². The Bertz CT molecular complexity index is 218. The molecule has 0 aromatic carbocycles. The largest absolute Gasteiger partial charge is 0.479 e. The molecule has 0 spiro atoms. The Balaban J connectivity index is 0. The van der Waals surface area contributed by atoms with E-state index in [1.165, 1.54) is 0 Å². The van der Waals surface area contributed by atoms with Gasteiger partial charge in [0.05, 0.1) is 6.10 Å². The minimum absolute atomic E-state index is 0.0984. The van der Waals surface area contributed by atoms with Crippen molar-refractivity contribution >= 4 is 11.9 Å². The van der Waals surface area contributed by atoms with Gasteiger partial charge in [-0.3, -0.25) is 0 Å². The second-order valence-electron chi connectivity index (χ2n) is 3.52. The fourth-order valence-electron chi connectivity index (χ4n) is 0.897. The summed E-state index contributed by atoms with van der Waals surface area (Å²) in [6.07, 6.45) is -2.50. The van der Waals surface area contributed by atoms with Crippen LogP contribution in [0.4, 0.5) is 0 Å². The lowest BCUT2D eigenvalue weighted by Gasteiger charge is -2.07. The molecule has 6 N–H and O–H groups in total. The summed E-state index contributed by atoms with van der Waals surface area (Å²) in [6, 6.07) is 0. The highest BCUT2D eigenvalue weighted by Gasteiger charge is 2.29. The molecule has 0 aromatic heterocycles. The quantitative estimate of drug-likeness (QED) is 0.322. The third-order valence-electron chi connectivity index (χ3n) is 1.89. The molecule has 0 aliphatic heterocycles.